The first kappa shape index (κ1) is 20.0. The van der Waals surface area contributed by atoms with Gasteiger partial charge in [0.15, 0.2) is 5.78 Å². The Morgan fingerprint density at radius 2 is 1.90 bits per heavy atom. The Hall–Kier alpha value is -1.90. The van der Waals surface area contributed by atoms with Gasteiger partial charge in [-0.05, 0) is 86.2 Å². The second kappa shape index (κ2) is 7.98. The van der Waals surface area contributed by atoms with Crippen molar-refractivity contribution in [3.8, 4) is 0 Å². The summed E-state index contributed by atoms with van der Waals surface area (Å²) < 4.78 is 6.11. The fraction of sp³-hybridized carbons (Fsp3) is 0.630. The molecule has 5 rings (SSSR count). The van der Waals surface area contributed by atoms with Crippen molar-refractivity contribution in [2.24, 2.45) is 35.0 Å². The molecule has 0 saturated heterocycles. The standard InChI is InChI=1S/C27H34O3/c1-27-16-15-22-21-11-9-20(28)17-19(21)8-10-23(22)24(27)12-13-25(27)30-26(29)14-7-18-5-3-2-4-6-18/h2-6,9,11,19,21-25H,7-8,10,12-17H2,1H3/t19?,21-,22+,23+,24-,25-,27-/m0/s1. The fourth-order valence-electron chi connectivity index (χ4n) is 7.50. The van der Waals surface area contributed by atoms with Gasteiger partial charge in [-0.3, -0.25) is 9.59 Å². The largest absolute Gasteiger partial charge is 0.462 e. The molecule has 0 N–H and O–H groups in total. The average Bonchev–Trinajstić information content (AvgIpc) is 3.09. The third kappa shape index (κ3) is 3.55. The molecule has 3 fully saturated rings. The fourth-order valence-corrected chi connectivity index (χ4v) is 7.50. The summed E-state index contributed by atoms with van der Waals surface area (Å²) in [6.07, 6.45) is 13.2. The molecule has 1 aromatic carbocycles. The molecule has 30 heavy (non-hydrogen) atoms. The van der Waals surface area contributed by atoms with E-state index in [1.54, 1.807) is 0 Å². The Balaban J connectivity index is 1.23. The zero-order valence-electron chi connectivity index (χ0n) is 18.1. The molecular formula is C27H34O3. The smallest absolute Gasteiger partial charge is 0.306 e. The molecule has 1 unspecified atom stereocenters. The number of esters is 1. The van der Waals surface area contributed by atoms with Gasteiger partial charge in [0.2, 0.25) is 0 Å². The Kier molecular flexibility index (Phi) is 5.33. The zero-order valence-corrected chi connectivity index (χ0v) is 18.1. The predicted molar refractivity (Wildman–Crippen MR) is 117 cm³/mol. The minimum absolute atomic E-state index is 0.0368. The molecule has 3 nitrogen and oxygen atoms in total. The first-order chi connectivity index (χ1) is 14.5. The zero-order chi connectivity index (χ0) is 20.7. The number of benzene rings is 1. The van der Waals surface area contributed by atoms with Gasteiger partial charge in [-0.2, -0.15) is 0 Å². The van der Waals surface area contributed by atoms with E-state index in [0.717, 1.165) is 37.5 Å². The highest BCUT2D eigenvalue weighted by Crippen LogP contribution is 2.62. The van der Waals surface area contributed by atoms with Gasteiger partial charge >= 0.3 is 5.97 Å². The Bertz CT molecular complexity index is 828. The van der Waals surface area contributed by atoms with Crippen LogP contribution in [0.1, 0.15) is 63.9 Å². The second-order valence-corrected chi connectivity index (χ2v) is 10.5. The van der Waals surface area contributed by atoms with E-state index < -0.39 is 0 Å². The number of ketones is 1. The van der Waals surface area contributed by atoms with Crippen LogP contribution in [0.5, 0.6) is 0 Å². The van der Waals surface area contributed by atoms with E-state index in [4.69, 9.17) is 4.74 Å². The summed E-state index contributed by atoms with van der Waals surface area (Å²) in [4.78, 5) is 24.5. The van der Waals surface area contributed by atoms with E-state index in [1.807, 2.05) is 24.3 Å². The molecule has 0 bridgehead atoms. The maximum atomic E-state index is 12.6. The van der Waals surface area contributed by atoms with Crippen LogP contribution in [0.2, 0.25) is 0 Å². The summed E-state index contributed by atoms with van der Waals surface area (Å²) in [5.74, 6) is 3.56. The summed E-state index contributed by atoms with van der Waals surface area (Å²) in [6, 6.07) is 10.2. The number of carbonyl (C=O) groups excluding carboxylic acids is 2. The summed E-state index contributed by atoms with van der Waals surface area (Å²) in [6.45, 7) is 2.39. The Morgan fingerprint density at radius 1 is 1.07 bits per heavy atom. The lowest BCUT2D eigenvalue weighted by Gasteiger charge is -2.54. The summed E-state index contributed by atoms with van der Waals surface area (Å²) in [7, 11) is 0. The van der Waals surface area contributed by atoms with Crippen molar-refractivity contribution in [1.82, 2.24) is 0 Å². The number of hydrogen-bond donors (Lipinski definition) is 0. The van der Waals surface area contributed by atoms with Crippen molar-refractivity contribution >= 4 is 11.8 Å². The molecule has 160 valence electrons. The lowest BCUT2D eigenvalue weighted by molar-refractivity contribution is -0.159. The van der Waals surface area contributed by atoms with Crippen molar-refractivity contribution in [3.63, 3.8) is 0 Å². The highest BCUT2D eigenvalue weighted by atomic mass is 16.5. The molecule has 0 heterocycles. The third-order valence-corrected chi connectivity index (χ3v) is 9.02. The highest BCUT2D eigenvalue weighted by Gasteiger charge is 2.57. The number of fused-ring (bicyclic) bond motifs is 5. The first-order valence-corrected chi connectivity index (χ1v) is 12.0. The highest BCUT2D eigenvalue weighted by molar-refractivity contribution is 5.90. The number of ether oxygens (including phenoxy) is 1. The van der Waals surface area contributed by atoms with Gasteiger partial charge in [-0.15, -0.1) is 0 Å². The lowest BCUT2D eigenvalue weighted by atomic mass is 9.51. The van der Waals surface area contributed by atoms with E-state index in [9.17, 15) is 9.59 Å². The second-order valence-electron chi connectivity index (χ2n) is 10.5. The van der Waals surface area contributed by atoms with Crippen molar-refractivity contribution < 1.29 is 14.3 Å². The van der Waals surface area contributed by atoms with Crippen LogP contribution in [0.25, 0.3) is 0 Å². The number of carbonyl (C=O) groups is 2. The molecule has 0 amide bonds. The number of rotatable bonds is 4. The number of aryl methyl sites for hydroxylation is 1. The summed E-state index contributed by atoms with van der Waals surface area (Å²) >= 11 is 0. The van der Waals surface area contributed by atoms with E-state index in [0.29, 0.717) is 30.0 Å². The van der Waals surface area contributed by atoms with Crippen molar-refractivity contribution in [2.45, 2.75) is 70.8 Å². The SMILES string of the molecule is C[C@]12CC[C@H]3[C@@H](CCC4CC(=O)C=C[C@@H]43)[C@@H]1CC[C@@H]2OC(=O)CCc1ccccc1. The molecule has 0 radical (unpaired) electrons. The first-order valence-electron chi connectivity index (χ1n) is 12.0. The van der Waals surface area contributed by atoms with Crippen molar-refractivity contribution in [1.29, 1.82) is 0 Å². The maximum absolute atomic E-state index is 12.6. The summed E-state index contributed by atoms with van der Waals surface area (Å²) in [5.41, 5.74) is 1.33. The van der Waals surface area contributed by atoms with Gasteiger partial charge in [-0.25, -0.2) is 0 Å². The van der Waals surface area contributed by atoms with E-state index in [-0.39, 0.29) is 17.5 Å². The molecule has 0 aromatic heterocycles. The molecule has 4 aliphatic rings. The van der Waals surface area contributed by atoms with Crippen LogP contribution in [0.3, 0.4) is 0 Å². The molecule has 0 spiro atoms. The van der Waals surface area contributed by atoms with Crippen molar-refractivity contribution in [2.75, 3.05) is 0 Å². The van der Waals surface area contributed by atoms with Gasteiger partial charge in [0.25, 0.3) is 0 Å². The van der Waals surface area contributed by atoms with Crippen LogP contribution in [-0.2, 0) is 20.7 Å². The molecule has 0 aliphatic heterocycles. The topological polar surface area (TPSA) is 43.4 Å². The molecule has 1 aromatic rings. The van der Waals surface area contributed by atoms with Crippen LogP contribution in [-0.4, -0.2) is 17.9 Å². The van der Waals surface area contributed by atoms with Crippen molar-refractivity contribution in [3.05, 3.63) is 48.0 Å². The molecule has 4 aliphatic carbocycles. The van der Waals surface area contributed by atoms with Crippen LogP contribution in [0.15, 0.2) is 42.5 Å². The molecule has 7 atom stereocenters. The van der Waals surface area contributed by atoms with Gasteiger partial charge in [0.1, 0.15) is 6.10 Å². The molecule has 3 saturated carbocycles. The Morgan fingerprint density at radius 3 is 2.73 bits per heavy atom. The number of allylic oxidation sites excluding steroid dienone is 2. The minimum atomic E-state index is -0.0368. The van der Waals surface area contributed by atoms with E-state index >= 15 is 0 Å². The van der Waals surface area contributed by atoms with Crippen LogP contribution >= 0.6 is 0 Å². The lowest BCUT2D eigenvalue weighted by Crippen LogP contribution is -2.49. The van der Waals surface area contributed by atoms with Gasteiger partial charge in [0, 0.05) is 18.3 Å². The maximum Gasteiger partial charge on any atom is 0.306 e. The number of hydrogen-bond acceptors (Lipinski definition) is 3. The molecular weight excluding hydrogens is 372 g/mol. The van der Waals surface area contributed by atoms with Gasteiger partial charge in [0.05, 0.1) is 0 Å². The van der Waals surface area contributed by atoms with Crippen LogP contribution in [0.4, 0.5) is 0 Å². The minimum Gasteiger partial charge on any atom is -0.462 e. The monoisotopic (exact) mass is 406 g/mol. The predicted octanol–water partition coefficient (Wildman–Crippen LogP) is 5.53. The average molecular weight is 407 g/mol. The molecule has 3 heteroatoms. The third-order valence-electron chi connectivity index (χ3n) is 9.02. The summed E-state index contributed by atoms with van der Waals surface area (Å²) in [5, 5.41) is 0. The van der Waals surface area contributed by atoms with E-state index in [1.165, 1.54) is 31.2 Å². The van der Waals surface area contributed by atoms with Gasteiger partial charge < -0.3 is 4.74 Å². The Labute approximate surface area is 180 Å². The van der Waals surface area contributed by atoms with Crippen LogP contribution in [0, 0.1) is 35.0 Å². The normalized spacial score (nSPS) is 39.7. The van der Waals surface area contributed by atoms with Crippen LogP contribution < -0.4 is 0 Å². The van der Waals surface area contributed by atoms with Gasteiger partial charge in [-0.1, -0.05) is 43.3 Å². The van der Waals surface area contributed by atoms with E-state index in [2.05, 4.69) is 25.1 Å². The quantitative estimate of drug-likeness (QED) is 0.618.